The second kappa shape index (κ2) is 13.7. The highest BCUT2D eigenvalue weighted by atomic mass is 35.5. The third-order valence-electron chi connectivity index (χ3n) is 6.30. The Labute approximate surface area is 241 Å². The van der Waals surface area contributed by atoms with Gasteiger partial charge in [-0.1, -0.05) is 54.1 Å². The Kier molecular flexibility index (Phi) is 10.6. The van der Waals surface area contributed by atoms with Crippen LogP contribution in [0, 0.1) is 6.92 Å². The first-order chi connectivity index (χ1) is 18.9. The van der Waals surface area contributed by atoms with E-state index in [1.165, 1.54) is 4.90 Å². The highest BCUT2D eigenvalue weighted by molar-refractivity contribution is 7.92. The van der Waals surface area contributed by atoms with Crippen LogP contribution < -0.4 is 14.4 Å². The summed E-state index contributed by atoms with van der Waals surface area (Å²) in [7, 11) is -2.32. The second-order valence-electron chi connectivity index (χ2n) is 9.94. The van der Waals surface area contributed by atoms with E-state index >= 15 is 0 Å². The molecule has 3 rings (SSSR count). The fourth-order valence-electron chi connectivity index (χ4n) is 4.40. The van der Waals surface area contributed by atoms with E-state index in [0.717, 1.165) is 21.7 Å². The highest BCUT2D eigenvalue weighted by Gasteiger charge is 2.33. The van der Waals surface area contributed by atoms with Crippen LogP contribution in [0.2, 0.25) is 5.02 Å². The lowest BCUT2D eigenvalue weighted by molar-refractivity contribution is -0.140. The average molecular weight is 586 g/mol. The van der Waals surface area contributed by atoms with Crippen molar-refractivity contribution in [3.63, 3.8) is 0 Å². The third-order valence-corrected chi connectivity index (χ3v) is 7.66. The standard InChI is InChI=1S/C30H36ClN3O5S/c1-21(2)32-30(36)28(18-23-10-7-6-8-11-23)33(19-24-12-9-13-26(17-24)39-4)29(35)20-34(40(5,37)38)27-15-14-25(31)16-22(27)3/h6-17,21,28H,18-20H2,1-5H3,(H,32,36)/t28-/m0/s1. The summed E-state index contributed by atoms with van der Waals surface area (Å²) >= 11 is 6.10. The number of halogens is 1. The van der Waals surface area contributed by atoms with E-state index in [1.807, 2.05) is 50.2 Å². The number of aryl methyl sites for hydroxylation is 1. The number of ether oxygens (including phenoxy) is 1. The predicted octanol–water partition coefficient (Wildman–Crippen LogP) is 4.59. The van der Waals surface area contributed by atoms with E-state index in [-0.39, 0.29) is 24.9 Å². The topological polar surface area (TPSA) is 96.0 Å². The van der Waals surface area contributed by atoms with Crippen LogP contribution in [-0.4, -0.2) is 57.1 Å². The number of nitrogens with one attached hydrogen (secondary N) is 1. The molecule has 0 radical (unpaired) electrons. The number of rotatable bonds is 12. The van der Waals surface area contributed by atoms with Gasteiger partial charge in [0.1, 0.15) is 18.3 Å². The van der Waals surface area contributed by atoms with E-state index < -0.39 is 28.5 Å². The van der Waals surface area contributed by atoms with E-state index in [2.05, 4.69) is 5.32 Å². The van der Waals surface area contributed by atoms with Crippen LogP contribution in [-0.2, 0) is 32.6 Å². The van der Waals surface area contributed by atoms with Crippen molar-refractivity contribution in [2.45, 2.75) is 45.8 Å². The van der Waals surface area contributed by atoms with Crippen molar-refractivity contribution in [3.05, 3.63) is 94.5 Å². The molecule has 1 atom stereocenters. The van der Waals surface area contributed by atoms with Crippen molar-refractivity contribution in [1.29, 1.82) is 0 Å². The molecule has 2 amide bonds. The molecule has 10 heteroatoms. The number of methoxy groups -OCH3 is 1. The molecule has 3 aromatic rings. The first-order valence-electron chi connectivity index (χ1n) is 12.9. The Morgan fingerprint density at radius 1 is 0.975 bits per heavy atom. The van der Waals surface area contributed by atoms with Gasteiger partial charge in [-0.2, -0.15) is 0 Å². The Balaban J connectivity index is 2.09. The molecule has 0 aromatic heterocycles. The maximum Gasteiger partial charge on any atom is 0.244 e. The van der Waals surface area contributed by atoms with Crippen molar-refractivity contribution in [2.24, 2.45) is 0 Å². The van der Waals surface area contributed by atoms with Crippen LogP contribution in [0.25, 0.3) is 0 Å². The van der Waals surface area contributed by atoms with Gasteiger partial charge in [0.05, 0.1) is 19.1 Å². The first-order valence-corrected chi connectivity index (χ1v) is 15.1. The zero-order valence-corrected chi connectivity index (χ0v) is 25.0. The minimum Gasteiger partial charge on any atom is -0.497 e. The molecule has 0 unspecified atom stereocenters. The number of anilines is 1. The quantitative estimate of drug-likeness (QED) is 0.335. The molecule has 214 valence electrons. The fourth-order valence-corrected chi connectivity index (χ4v) is 5.53. The van der Waals surface area contributed by atoms with Crippen LogP contribution in [0.1, 0.15) is 30.5 Å². The van der Waals surface area contributed by atoms with Crippen molar-refractivity contribution in [2.75, 3.05) is 24.2 Å². The number of hydrogen-bond acceptors (Lipinski definition) is 5. The van der Waals surface area contributed by atoms with Gasteiger partial charge in [0.25, 0.3) is 0 Å². The normalized spacial score (nSPS) is 12.1. The zero-order valence-electron chi connectivity index (χ0n) is 23.4. The van der Waals surface area contributed by atoms with Gasteiger partial charge >= 0.3 is 0 Å². The molecule has 0 spiro atoms. The van der Waals surface area contributed by atoms with Gasteiger partial charge in [-0.3, -0.25) is 13.9 Å². The molecular formula is C30H36ClN3O5S. The van der Waals surface area contributed by atoms with Crippen molar-refractivity contribution in [3.8, 4) is 5.75 Å². The number of hydrogen-bond donors (Lipinski definition) is 1. The summed E-state index contributed by atoms with van der Waals surface area (Å²) in [6.07, 6.45) is 1.29. The Morgan fingerprint density at radius 2 is 1.65 bits per heavy atom. The Morgan fingerprint density at radius 3 is 2.25 bits per heavy atom. The van der Waals surface area contributed by atoms with Crippen LogP contribution >= 0.6 is 11.6 Å². The SMILES string of the molecule is COc1cccc(CN(C(=O)CN(c2ccc(Cl)cc2C)S(C)(=O)=O)[C@@H](Cc2ccccc2)C(=O)NC(C)C)c1. The predicted molar refractivity (Wildman–Crippen MR) is 159 cm³/mol. The van der Waals surface area contributed by atoms with Crippen LogP contribution in [0.4, 0.5) is 5.69 Å². The molecule has 3 aromatic carbocycles. The maximum atomic E-state index is 14.1. The molecule has 0 aliphatic heterocycles. The number of carbonyl (C=O) groups is 2. The molecule has 0 aliphatic carbocycles. The smallest absolute Gasteiger partial charge is 0.244 e. The van der Waals surface area contributed by atoms with Gasteiger partial charge < -0.3 is 15.0 Å². The van der Waals surface area contributed by atoms with E-state index in [4.69, 9.17) is 16.3 Å². The molecule has 0 fully saturated rings. The largest absolute Gasteiger partial charge is 0.497 e. The van der Waals surface area contributed by atoms with E-state index in [9.17, 15) is 18.0 Å². The summed E-state index contributed by atoms with van der Waals surface area (Å²) in [5, 5.41) is 3.39. The van der Waals surface area contributed by atoms with Crippen molar-refractivity contribution >= 4 is 39.1 Å². The molecule has 0 bridgehead atoms. The van der Waals surface area contributed by atoms with Crippen molar-refractivity contribution in [1.82, 2.24) is 10.2 Å². The summed E-state index contributed by atoms with van der Waals surface area (Å²) in [4.78, 5) is 29.1. The first kappa shape index (κ1) is 31.0. The molecule has 0 saturated carbocycles. The number of amides is 2. The van der Waals surface area contributed by atoms with Crippen LogP contribution in [0.5, 0.6) is 5.75 Å². The molecule has 0 saturated heterocycles. The lowest BCUT2D eigenvalue weighted by Crippen LogP contribution is -2.54. The molecule has 40 heavy (non-hydrogen) atoms. The minimum absolute atomic E-state index is 0.0657. The van der Waals surface area contributed by atoms with Crippen LogP contribution in [0.3, 0.4) is 0 Å². The zero-order chi connectivity index (χ0) is 29.4. The monoisotopic (exact) mass is 585 g/mol. The van der Waals surface area contributed by atoms with Gasteiger partial charge in [0.2, 0.25) is 21.8 Å². The third kappa shape index (κ3) is 8.47. The molecule has 0 heterocycles. The van der Waals surface area contributed by atoms with Gasteiger partial charge in [-0.25, -0.2) is 8.42 Å². The molecule has 8 nitrogen and oxygen atoms in total. The van der Waals surface area contributed by atoms with Gasteiger partial charge in [0.15, 0.2) is 0 Å². The van der Waals surface area contributed by atoms with Crippen molar-refractivity contribution < 1.29 is 22.7 Å². The lowest BCUT2D eigenvalue weighted by atomic mass is 10.0. The summed E-state index contributed by atoms with van der Waals surface area (Å²) < 4.78 is 32.3. The van der Waals surface area contributed by atoms with Gasteiger partial charge in [0, 0.05) is 24.0 Å². The summed E-state index contributed by atoms with van der Waals surface area (Å²) in [6, 6.07) is 20.3. The molecule has 0 aliphatic rings. The number of sulfonamides is 1. The lowest BCUT2D eigenvalue weighted by Gasteiger charge is -2.34. The summed E-state index contributed by atoms with van der Waals surface area (Å²) in [5.74, 6) is -0.253. The second-order valence-corrected chi connectivity index (χ2v) is 12.3. The van der Waals surface area contributed by atoms with Crippen LogP contribution in [0.15, 0.2) is 72.8 Å². The Bertz CT molecular complexity index is 1430. The summed E-state index contributed by atoms with van der Waals surface area (Å²) in [5.41, 5.74) is 2.54. The number of nitrogens with zero attached hydrogens (tertiary/aromatic N) is 2. The summed E-state index contributed by atoms with van der Waals surface area (Å²) in [6.45, 7) is 4.99. The van der Waals surface area contributed by atoms with E-state index in [0.29, 0.717) is 22.0 Å². The van der Waals surface area contributed by atoms with Gasteiger partial charge in [-0.05, 0) is 67.8 Å². The number of carbonyl (C=O) groups excluding carboxylic acids is 2. The maximum absolute atomic E-state index is 14.1. The van der Waals surface area contributed by atoms with Gasteiger partial charge in [-0.15, -0.1) is 0 Å². The minimum atomic E-state index is -3.87. The molecular weight excluding hydrogens is 550 g/mol. The van der Waals surface area contributed by atoms with E-state index in [1.54, 1.807) is 50.4 Å². The highest BCUT2D eigenvalue weighted by Crippen LogP contribution is 2.26. The Hall–Kier alpha value is -3.56. The molecule has 1 N–H and O–H groups in total. The number of benzene rings is 3. The average Bonchev–Trinajstić information content (AvgIpc) is 2.89. The fraction of sp³-hybridized carbons (Fsp3) is 0.333.